The number of aromatic nitrogens is 2. The van der Waals surface area contributed by atoms with Crippen molar-refractivity contribution in [2.24, 2.45) is 0 Å². The van der Waals surface area contributed by atoms with Gasteiger partial charge in [0.05, 0.1) is 29.4 Å². The molecule has 1 saturated carbocycles. The van der Waals surface area contributed by atoms with Gasteiger partial charge in [0, 0.05) is 58.5 Å². The molecule has 9 nitrogen and oxygen atoms in total. The monoisotopic (exact) mass is 597 g/mol. The van der Waals surface area contributed by atoms with Gasteiger partial charge in [-0.25, -0.2) is 4.79 Å². The molecule has 3 heterocycles. The van der Waals surface area contributed by atoms with E-state index in [2.05, 4.69) is 37.3 Å². The fourth-order valence-electron chi connectivity index (χ4n) is 6.39. The van der Waals surface area contributed by atoms with Crippen LogP contribution >= 0.6 is 15.9 Å². The van der Waals surface area contributed by atoms with Gasteiger partial charge in [-0.15, -0.1) is 0 Å². The largest absolute Gasteiger partial charge is 0.444 e. The van der Waals surface area contributed by atoms with Crippen molar-refractivity contribution in [1.82, 2.24) is 19.6 Å². The molecule has 0 aromatic carbocycles. The highest BCUT2D eigenvalue weighted by atomic mass is 79.9. The SMILES string of the molecule is COCCN(CCOC)C1CCN(c2nn(C3CCN(C(=O)OC(C)(C)C)CC3)c(C)c2Br)C2(CCC2)C1. The summed E-state index contributed by atoms with van der Waals surface area (Å²) in [6, 6.07) is 0.822. The van der Waals surface area contributed by atoms with Crippen LogP contribution in [0.25, 0.3) is 0 Å². The number of rotatable bonds is 9. The van der Waals surface area contributed by atoms with E-state index in [1.54, 1.807) is 14.2 Å². The fraction of sp³-hybridized carbons (Fsp3) is 0.857. The number of ether oxygens (including phenoxy) is 3. The first-order chi connectivity index (χ1) is 18.1. The van der Waals surface area contributed by atoms with Crippen LogP contribution in [0.1, 0.15) is 77.5 Å². The Morgan fingerprint density at radius 2 is 1.71 bits per heavy atom. The molecule has 1 unspecified atom stereocenters. The number of carbonyl (C=O) groups excluding carboxylic acids is 1. The quantitative estimate of drug-likeness (QED) is 0.396. The van der Waals surface area contributed by atoms with Gasteiger partial charge in [0.25, 0.3) is 0 Å². The van der Waals surface area contributed by atoms with E-state index in [1.165, 1.54) is 25.0 Å². The first-order valence-corrected chi connectivity index (χ1v) is 15.1. The van der Waals surface area contributed by atoms with Gasteiger partial charge in [0.15, 0.2) is 5.82 Å². The third-order valence-corrected chi connectivity index (χ3v) is 9.55. The molecule has 1 aromatic heterocycles. The maximum absolute atomic E-state index is 12.5. The van der Waals surface area contributed by atoms with Crippen molar-refractivity contribution in [3.63, 3.8) is 0 Å². The van der Waals surface area contributed by atoms with Crippen LogP contribution in [0, 0.1) is 6.92 Å². The van der Waals surface area contributed by atoms with Crippen molar-refractivity contribution in [1.29, 1.82) is 0 Å². The molecule has 2 saturated heterocycles. The van der Waals surface area contributed by atoms with Crippen molar-refractivity contribution in [3.8, 4) is 0 Å². The number of halogens is 1. The summed E-state index contributed by atoms with van der Waals surface area (Å²) in [6.07, 6.45) is 7.55. The molecule has 2 aliphatic heterocycles. The lowest BCUT2D eigenvalue weighted by Gasteiger charge is -2.57. The number of piperidine rings is 2. The Balaban J connectivity index is 1.45. The molecule has 1 aliphatic carbocycles. The lowest BCUT2D eigenvalue weighted by molar-refractivity contribution is 0.0184. The third kappa shape index (κ3) is 6.50. The van der Waals surface area contributed by atoms with Crippen LogP contribution in [0.5, 0.6) is 0 Å². The summed E-state index contributed by atoms with van der Waals surface area (Å²) in [5, 5.41) is 5.24. The Labute approximate surface area is 237 Å². The number of anilines is 1. The number of amides is 1. The van der Waals surface area contributed by atoms with Crippen LogP contribution in [0.2, 0.25) is 0 Å². The topological polar surface area (TPSA) is 72.3 Å². The molecular formula is C28H48BrN5O4. The molecule has 216 valence electrons. The summed E-state index contributed by atoms with van der Waals surface area (Å²) >= 11 is 3.94. The van der Waals surface area contributed by atoms with Gasteiger partial charge < -0.3 is 24.0 Å². The first kappa shape index (κ1) is 29.6. The van der Waals surface area contributed by atoms with E-state index < -0.39 is 5.60 Å². The number of methoxy groups -OCH3 is 2. The Kier molecular flexibility index (Phi) is 9.69. The van der Waals surface area contributed by atoms with E-state index in [-0.39, 0.29) is 17.7 Å². The minimum absolute atomic E-state index is 0.176. The molecule has 10 heteroatoms. The zero-order valence-electron chi connectivity index (χ0n) is 24.3. The highest BCUT2D eigenvalue weighted by Gasteiger charge is 2.49. The number of hydrogen-bond donors (Lipinski definition) is 0. The van der Waals surface area contributed by atoms with Crippen LogP contribution in [-0.2, 0) is 14.2 Å². The number of nitrogens with zero attached hydrogens (tertiary/aromatic N) is 5. The Bertz CT molecular complexity index is 928. The van der Waals surface area contributed by atoms with Crippen molar-refractivity contribution in [2.45, 2.75) is 95.9 Å². The number of hydrogen-bond acceptors (Lipinski definition) is 7. The molecule has 3 aliphatic rings. The Morgan fingerprint density at radius 1 is 1.08 bits per heavy atom. The molecular weight excluding hydrogens is 550 g/mol. The maximum Gasteiger partial charge on any atom is 0.410 e. The standard InChI is InChI=1S/C28H48BrN5O4/c1-21-24(29)25(30-34(21)22-8-13-32(14-9-22)26(35)38-27(2,3)4)33-15-10-23(20-28(33)11-7-12-28)31(16-18-36-5)17-19-37-6/h22-23H,7-20H2,1-6H3. The predicted octanol–water partition coefficient (Wildman–Crippen LogP) is 5.01. The van der Waals surface area contributed by atoms with E-state index in [0.717, 1.165) is 68.8 Å². The van der Waals surface area contributed by atoms with Crippen LogP contribution in [0.3, 0.4) is 0 Å². The van der Waals surface area contributed by atoms with E-state index in [4.69, 9.17) is 19.3 Å². The van der Waals surface area contributed by atoms with Crippen molar-refractivity contribution in [3.05, 3.63) is 10.2 Å². The number of likely N-dealkylation sites (tertiary alicyclic amines) is 1. The van der Waals surface area contributed by atoms with Crippen LogP contribution < -0.4 is 4.90 Å². The summed E-state index contributed by atoms with van der Waals surface area (Å²) < 4.78 is 19.8. The molecule has 1 amide bonds. The van der Waals surface area contributed by atoms with Gasteiger partial charge in [-0.2, -0.15) is 5.10 Å². The highest BCUT2D eigenvalue weighted by molar-refractivity contribution is 9.10. The summed E-state index contributed by atoms with van der Waals surface area (Å²) in [6.45, 7) is 13.7. The molecule has 1 aromatic rings. The zero-order chi connectivity index (χ0) is 27.5. The second-order valence-corrected chi connectivity index (χ2v) is 13.1. The van der Waals surface area contributed by atoms with E-state index in [1.807, 2.05) is 25.7 Å². The molecule has 0 radical (unpaired) electrons. The molecule has 38 heavy (non-hydrogen) atoms. The minimum Gasteiger partial charge on any atom is -0.444 e. The first-order valence-electron chi connectivity index (χ1n) is 14.3. The van der Waals surface area contributed by atoms with E-state index >= 15 is 0 Å². The van der Waals surface area contributed by atoms with Crippen LogP contribution in [-0.4, -0.2) is 103 Å². The highest BCUT2D eigenvalue weighted by Crippen LogP contribution is 2.49. The van der Waals surface area contributed by atoms with Gasteiger partial charge in [-0.05, 0) is 88.6 Å². The molecule has 0 N–H and O–H groups in total. The zero-order valence-corrected chi connectivity index (χ0v) is 25.9. The lowest BCUT2D eigenvalue weighted by atomic mass is 9.68. The molecule has 1 atom stereocenters. The molecule has 0 bridgehead atoms. The summed E-state index contributed by atoms with van der Waals surface area (Å²) in [5.74, 6) is 1.09. The third-order valence-electron chi connectivity index (χ3n) is 8.62. The predicted molar refractivity (Wildman–Crippen MR) is 153 cm³/mol. The van der Waals surface area contributed by atoms with Gasteiger partial charge in [0.1, 0.15) is 5.60 Å². The second-order valence-electron chi connectivity index (χ2n) is 12.3. The fourth-order valence-corrected chi connectivity index (χ4v) is 6.87. The molecule has 3 fully saturated rings. The molecule has 1 spiro atoms. The summed E-state index contributed by atoms with van der Waals surface area (Å²) in [5.41, 5.74) is 0.881. The average molecular weight is 599 g/mol. The van der Waals surface area contributed by atoms with Gasteiger partial charge >= 0.3 is 6.09 Å². The van der Waals surface area contributed by atoms with Crippen molar-refractivity contribution < 1.29 is 19.0 Å². The Hall–Kier alpha value is -1.36. The minimum atomic E-state index is -0.470. The van der Waals surface area contributed by atoms with Gasteiger partial charge in [-0.1, -0.05) is 0 Å². The average Bonchev–Trinajstić information content (AvgIpc) is 3.16. The number of carbonyl (C=O) groups is 1. The van der Waals surface area contributed by atoms with E-state index in [9.17, 15) is 4.79 Å². The maximum atomic E-state index is 12.5. The Morgan fingerprint density at radius 3 is 2.24 bits per heavy atom. The smallest absolute Gasteiger partial charge is 0.410 e. The van der Waals surface area contributed by atoms with Crippen LogP contribution in [0.4, 0.5) is 10.6 Å². The van der Waals surface area contributed by atoms with Crippen molar-refractivity contribution in [2.75, 3.05) is 65.1 Å². The summed E-state index contributed by atoms with van der Waals surface area (Å²) in [7, 11) is 3.56. The lowest BCUT2D eigenvalue weighted by Crippen LogP contribution is -2.62. The van der Waals surface area contributed by atoms with Crippen molar-refractivity contribution >= 4 is 27.8 Å². The summed E-state index contributed by atoms with van der Waals surface area (Å²) in [4.78, 5) is 19.6. The van der Waals surface area contributed by atoms with Gasteiger partial charge in [-0.3, -0.25) is 9.58 Å². The normalized spacial score (nSPS) is 22.3. The van der Waals surface area contributed by atoms with Crippen LogP contribution in [0.15, 0.2) is 4.47 Å². The van der Waals surface area contributed by atoms with Gasteiger partial charge in [0.2, 0.25) is 0 Å². The second kappa shape index (κ2) is 12.4. The molecule has 4 rings (SSSR count). The van der Waals surface area contributed by atoms with E-state index in [0.29, 0.717) is 19.1 Å².